The molecule has 0 aromatic rings. The van der Waals surface area contributed by atoms with Crippen LogP contribution in [0.5, 0.6) is 0 Å². The quantitative estimate of drug-likeness (QED) is 0.487. The van der Waals surface area contributed by atoms with Gasteiger partial charge in [0.05, 0.1) is 0 Å². The average Bonchev–Trinajstić information content (AvgIpc) is 2.25. The van der Waals surface area contributed by atoms with Crippen LogP contribution in [0.25, 0.3) is 0 Å². The Kier molecular flexibility index (Phi) is 8.16. The van der Waals surface area contributed by atoms with Crippen molar-refractivity contribution in [3.05, 3.63) is 0 Å². The molecule has 0 rings (SSSR count). The minimum absolute atomic E-state index is 0.829. The van der Waals surface area contributed by atoms with Gasteiger partial charge in [-0.25, -0.2) is 0 Å². The summed E-state index contributed by atoms with van der Waals surface area (Å²) in [5, 5.41) is 0. The molecule has 4 atom stereocenters. The van der Waals surface area contributed by atoms with E-state index in [0.29, 0.717) is 0 Å². The van der Waals surface area contributed by atoms with Gasteiger partial charge in [-0.3, -0.25) is 0 Å². The third kappa shape index (κ3) is 5.44. The number of rotatable bonds is 8. The normalized spacial score (nSPS) is 19.4. The van der Waals surface area contributed by atoms with Crippen LogP contribution in [0.4, 0.5) is 0 Å². The summed E-state index contributed by atoms with van der Waals surface area (Å²) in [7, 11) is 0. The predicted octanol–water partition coefficient (Wildman–Crippen LogP) is 6.01. The maximum absolute atomic E-state index is 2.50. The van der Waals surface area contributed by atoms with E-state index >= 15 is 0 Å². The van der Waals surface area contributed by atoms with Gasteiger partial charge >= 0.3 is 0 Å². The van der Waals surface area contributed by atoms with Gasteiger partial charge in [0, 0.05) is 0 Å². The molecular weight excluding hydrogens is 204 g/mol. The molecule has 0 aliphatic heterocycles. The van der Waals surface area contributed by atoms with Crippen molar-refractivity contribution in [2.45, 2.75) is 74.7 Å². The summed E-state index contributed by atoms with van der Waals surface area (Å²) in [5.74, 6) is 5.23. The molecule has 17 heavy (non-hydrogen) atoms. The van der Waals surface area contributed by atoms with Crippen LogP contribution in [0.1, 0.15) is 74.7 Å². The van der Waals surface area contributed by atoms with Crippen molar-refractivity contribution in [2.75, 3.05) is 0 Å². The van der Waals surface area contributed by atoms with Gasteiger partial charge in [-0.05, 0) is 41.9 Å². The van der Waals surface area contributed by atoms with Crippen LogP contribution in [0, 0.1) is 35.5 Å². The third-order valence-electron chi connectivity index (χ3n) is 5.08. The molecule has 0 saturated carbocycles. The zero-order chi connectivity index (χ0) is 13.6. The van der Waals surface area contributed by atoms with Gasteiger partial charge in [-0.2, -0.15) is 0 Å². The fourth-order valence-corrected chi connectivity index (χ4v) is 3.30. The molecule has 0 heterocycles. The van der Waals surface area contributed by atoms with Crippen LogP contribution in [-0.4, -0.2) is 0 Å². The predicted molar refractivity (Wildman–Crippen MR) is 80.2 cm³/mol. The van der Waals surface area contributed by atoms with E-state index in [1.807, 2.05) is 0 Å². The van der Waals surface area contributed by atoms with E-state index in [1.165, 1.54) is 19.3 Å². The maximum Gasteiger partial charge on any atom is -0.0365 e. The van der Waals surface area contributed by atoms with E-state index in [-0.39, 0.29) is 0 Å². The minimum atomic E-state index is 0.829. The zero-order valence-electron chi connectivity index (χ0n) is 13.6. The van der Waals surface area contributed by atoms with Crippen LogP contribution in [-0.2, 0) is 0 Å². The van der Waals surface area contributed by atoms with Gasteiger partial charge in [0.15, 0.2) is 0 Å². The van der Waals surface area contributed by atoms with Crippen LogP contribution in [0.15, 0.2) is 0 Å². The molecule has 0 amide bonds. The Morgan fingerprint density at radius 1 is 0.706 bits per heavy atom. The summed E-state index contributed by atoms with van der Waals surface area (Å²) >= 11 is 0. The summed E-state index contributed by atoms with van der Waals surface area (Å²) in [4.78, 5) is 0. The van der Waals surface area contributed by atoms with Crippen LogP contribution in [0.3, 0.4) is 0 Å². The first-order valence-corrected chi connectivity index (χ1v) is 7.84. The van der Waals surface area contributed by atoms with E-state index < -0.39 is 0 Å². The van der Waals surface area contributed by atoms with Crippen molar-refractivity contribution in [1.82, 2.24) is 0 Å². The van der Waals surface area contributed by atoms with Crippen molar-refractivity contribution in [3.63, 3.8) is 0 Å². The molecule has 0 aromatic heterocycles. The van der Waals surface area contributed by atoms with Crippen LogP contribution < -0.4 is 0 Å². The number of hydrogen-bond donors (Lipinski definition) is 0. The Morgan fingerprint density at radius 3 is 1.53 bits per heavy atom. The Labute approximate surface area is 111 Å². The van der Waals surface area contributed by atoms with E-state index in [9.17, 15) is 0 Å². The highest BCUT2D eigenvalue weighted by Gasteiger charge is 2.27. The highest BCUT2D eigenvalue weighted by molar-refractivity contribution is 4.77. The highest BCUT2D eigenvalue weighted by atomic mass is 14.3. The molecular formula is C17H36. The van der Waals surface area contributed by atoms with E-state index in [2.05, 4.69) is 55.4 Å². The van der Waals surface area contributed by atoms with Gasteiger partial charge in [-0.15, -0.1) is 0 Å². The molecule has 0 aliphatic rings. The van der Waals surface area contributed by atoms with Crippen LogP contribution >= 0.6 is 0 Å². The first kappa shape index (κ1) is 17.0. The molecule has 0 heteroatoms. The second-order valence-electron chi connectivity index (χ2n) is 6.80. The van der Waals surface area contributed by atoms with Crippen LogP contribution in [0.2, 0.25) is 0 Å². The largest absolute Gasteiger partial charge is 0.0651 e. The fourth-order valence-electron chi connectivity index (χ4n) is 3.30. The molecule has 0 aliphatic carbocycles. The molecule has 0 aromatic carbocycles. The molecule has 0 fully saturated rings. The lowest BCUT2D eigenvalue weighted by Gasteiger charge is -2.34. The van der Waals surface area contributed by atoms with Crippen molar-refractivity contribution >= 4 is 0 Å². The third-order valence-corrected chi connectivity index (χ3v) is 5.08. The van der Waals surface area contributed by atoms with Gasteiger partial charge in [0.1, 0.15) is 0 Å². The second kappa shape index (κ2) is 8.16. The average molecular weight is 240 g/mol. The van der Waals surface area contributed by atoms with Gasteiger partial charge < -0.3 is 0 Å². The minimum Gasteiger partial charge on any atom is -0.0651 e. The monoisotopic (exact) mass is 240 g/mol. The van der Waals surface area contributed by atoms with E-state index in [0.717, 1.165) is 35.5 Å². The topological polar surface area (TPSA) is 0 Å². The van der Waals surface area contributed by atoms with Gasteiger partial charge in [0.2, 0.25) is 0 Å². The second-order valence-corrected chi connectivity index (χ2v) is 6.80. The van der Waals surface area contributed by atoms with Crippen molar-refractivity contribution < 1.29 is 0 Å². The Bertz CT molecular complexity index is 180. The highest BCUT2D eigenvalue weighted by Crippen LogP contribution is 2.36. The van der Waals surface area contributed by atoms with Gasteiger partial charge in [-0.1, -0.05) is 68.2 Å². The SMILES string of the molecule is CCC(CC(C)C(C)C)C(C)C(CC)C(C)C. The van der Waals surface area contributed by atoms with Crippen molar-refractivity contribution in [2.24, 2.45) is 35.5 Å². The summed E-state index contributed by atoms with van der Waals surface area (Å²) in [6.07, 6.45) is 4.10. The first-order chi connectivity index (χ1) is 7.84. The molecule has 4 unspecified atom stereocenters. The molecule has 0 N–H and O–H groups in total. The molecule has 0 spiro atoms. The fraction of sp³-hybridized carbons (Fsp3) is 1.00. The first-order valence-electron chi connectivity index (χ1n) is 7.84. The Morgan fingerprint density at radius 2 is 1.24 bits per heavy atom. The molecule has 0 radical (unpaired) electrons. The number of hydrogen-bond acceptors (Lipinski definition) is 0. The maximum atomic E-state index is 2.50. The molecule has 0 saturated heterocycles. The Balaban J connectivity index is 4.52. The lowest BCUT2D eigenvalue weighted by atomic mass is 9.71. The summed E-state index contributed by atoms with van der Waals surface area (Å²) < 4.78 is 0. The smallest absolute Gasteiger partial charge is 0.0365 e. The zero-order valence-corrected chi connectivity index (χ0v) is 13.6. The summed E-state index contributed by atoms with van der Waals surface area (Å²) in [6.45, 7) is 19.2. The molecule has 0 nitrogen and oxygen atoms in total. The Hall–Kier alpha value is 0. The van der Waals surface area contributed by atoms with Crippen molar-refractivity contribution in [1.29, 1.82) is 0 Å². The van der Waals surface area contributed by atoms with Gasteiger partial charge in [0.25, 0.3) is 0 Å². The lowest BCUT2D eigenvalue weighted by Crippen LogP contribution is -2.26. The van der Waals surface area contributed by atoms with E-state index in [4.69, 9.17) is 0 Å². The summed E-state index contributed by atoms with van der Waals surface area (Å²) in [5.41, 5.74) is 0. The lowest BCUT2D eigenvalue weighted by molar-refractivity contribution is 0.153. The molecule has 0 bridgehead atoms. The summed E-state index contributed by atoms with van der Waals surface area (Å²) in [6, 6.07) is 0. The van der Waals surface area contributed by atoms with Crippen molar-refractivity contribution in [3.8, 4) is 0 Å². The molecule has 104 valence electrons. The van der Waals surface area contributed by atoms with E-state index in [1.54, 1.807) is 0 Å². The standard InChI is InChI=1S/C17H36/c1-9-16(11-14(7)12(3)4)15(8)17(10-2)13(5)6/h12-17H,9-11H2,1-8H3.